The lowest BCUT2D eigenvalue weighted by molar-refractivity contribution is 0.477. The number of aromatic nitrogens is 1. The molecule has 0 aliphatic heterocycles. The van der Waals surface area contributed by atoms with Crippen molar-refractivity contribution >= 4 is 32.2 Å². The Morgan fingerprint density at radius 2 is 2.17 bits per heavy atom. The minimum absolute atomic E-state index is 0.00759. The van der Waals surface area contributed by atoms with Gasteiger partial charge in [-0.2, -0.15) is 0 Å². The number of thiazole rings is 1. The predicted molar refractivity (Wildman–Crippen MR) is 70.2 cm³/mol. The van der Waals surface area contributed by atoms with Gasteiger partial charge in [0.2, 0.25) is 0 Å². The Morgan fingerprint density at radius 1 is 1.44 bits per heavy atom. The highest BCUT2D eigenvalue weighted by molar-refractivity contribution is 7.93. The number of aryl methyl sites for hydroxylation is 1. The quantitative estimate of drug-likeness (QED) is 0.586. The maximum atomic E-state index is 12.0. The van der Waals surface area contributed by atoms with E-state index in [1.165, 1.54) is 29.5 Å². The molecule has 0 atom stereocenters. The molecule has 0 bridgehead atoms. The standard InChI is InChI=1S/C10H11N3O3S2/c1-6-5-12-10(17-6)13-18(15,16)7-2-3-9(14)8(11)4-7/h2-5,14H,11H2,1H3,(H,12,13). The fourth-order valence-corrected chi connectivity index (χ4v) is 3.22. The molecule has 0 radical (unpaired) electrons. The molecule has 2 aromatic rings. The lowest BCUT2D eigenvalue weighted by atomic mass is 10.3. The maximum Gasteiger partial charge on any atom is 0.263 e. The normalized spacial score (nSPS) is 11.4. The van der Waals surface area contributed by atoms with Crippen molar-refractivity contribution in [2.24, 2.45) is 0 Å². The molecule has 0 aliphatic rings. The molecule has 0 saturated heterocycles. The molecule has 0 amide bonds. The summed E-state index contributed by atoms with van der Waals surface area (Å²) < 4.78 is 26.3. The van der Waals surface area contributed by atoms with Gasteiger partial charge in [0.05, 0.1) is 10.6 Å². The summed E-state index contributed by atoms with van der Waals surface area (Å²) >= 11 is 1.23. The van der Waals surface area contributed by atoms with Gasteiger partial charge in [0, 0.05) is 11.1 Å². The number of phenolic OH excluding ortho intramolecular Hbond substituents is 1. The van der Waals surface area contributed by atoms with Crippen molar-refractivity contribution in [3.05, 3.63) is 29.3 Å². The maximum absolute atomic E-state index is 12.0. The fourth-order valence-electron chi connectivity index (χ4n) is 1.28. The first kappa shape index (κ1) is 12.7. The summed E-state index contributed by atoms with van der Waals surface area (Å²) in [4.78, 5) is 4.79. The largest absolute Gasteiger partial charge is 0.506 e. The molecule has 1 aromatic heterocycles. The molecular weight excluding hydrogens is 274 g/mol. The number of benzene rings is 1. The first-order valence-corrected chi connectivity index (χ1v) is 7.22. The van der Waals surface area contributed by atoms with E-state index in [4.69, 9.17) is 5.73 Å². The number of rotatable bonds is 3. The molecule has 0 saturated carbocycles. The van der Waals surface area contributed by atoms with Crippen LogP contribution in [-0.2, 0) is 10.0 Å². The molecule has 18 heavy (non-hydrogen) atoms. The average molecular weight is 285 g/mol. The molecule has 0 aliphatic carbocycles. The van der Waals surface area contributed by atoms with Crippen molar-refractivity contribution < 1.29 is 13.5 Å². The number of anilines is 2. The summed E-state index contributed by atoms with van der Waals surface area (Å²) in [6, 6.07) is 3.70. The van der Waals surface area contributed by atoms with E-state index in [0.717, 1.165) is 4.88 Å². The van der Waals surface area contributed by atoms with Crippen LogP contribution >= 0.6 is 11.3 Å². The summed E-state index contributed by atoms with van der Waals surface area (Å²) in [6.45, 7) is 1.83. The summed E-state index contributed by atoms with van der Waals surface area (Å²) in [5.41, 5.74) is 5.47. The average Bonchev–Trinajstić information content (AvgIpc) is 2.67. The summed E-state index contributed by atoms with van der Waals surface area (Å²) in [7, 11) is -3.73. The Kier molecular flexibility index (Phi) is 3.14. The Labute approximate surface area is 108 Å². The van der Waals surface area contributed by atoms with Gasteiger partial charge >= 0.3 is 0 Å². The Morgan fingerprint density at radius 3 is 2.72 bits per heavy atom. The van der Waals surface area contributed by atoms with Crippen molar-refractivity contribution in [2.45, 2.75) is 11.8 Å². The van der Waals surface area contributed by atoms with Crippen LogP contribution in [0.5, 0.6) is 5.75 Å². The van der Waals surface area contributed by atoms with Crippen LogP contribution in [0, 0.1) is 6.92 Å². The Hall–Kier alpha value is -1.80. The number of phenols is 1. The van der Waals surface area contributed by atoms with E-state index >= 15 is 0 Å². The zero-order valence-electron chi connectivity index (χ0n) is 9.41. The minimum atomic E-state index is -3.73. The summed E-state index contributed by atoms with van der Waals surface area (Å²) in [5.74, 6) is -0.154. The smallest absolute Gasteiger partial charge is 0.263 e. The fraction of sp³-hybridized carbons (Fsp3) is 0.100. The molecule has 0 spiro atoms. The highest BCUT2D eigenvalue weighted by Gasteiger charge is 2.17. The zero-order valence-corrected chi connectivity index (χ0v) is 11.0. The van der Waals surface area contributed by atoms with Gasteiger partial charge in [-0.1, -0.05) is 0 Å². The number of hydrogen-bond acceptors (Lipinski definition) is 6. The van der Waals surface area contributed by atoms with Crippen molar-refractivity contribution in [1.29, 1.82) is 0 Å². The van der Waals surface area contributed by atoms with Crippen molar-refractivity contribution in [3.8, 4) is 5.75 Å². The second-order valence-electron chi connectivity index (χ2n) is 3.60. The van der Waals surface area contributed by atoms with E-state index in [9.17, 15) is 13.5 Å². The summed E-state index contributed by atoms with van der Waals surface area (Å²) in [5, 5.41) is 9.54. The van der Waals surface area contributed by atoms with Crippen LogP contribution in [0.15, 0.2) is 29.3 Å². The second kappa shape index (κ2) is 4.46. The highest BCUT2D eigenvalue weighted by Crippen LogP contribution is 2.25. The van der Waals surface area contributed by atoms with Crippen LogP contribution in [0.1, 0.15) is 4.88 Å². The summed E-state index contributed by atoms with van der Waals surface area (Å²) in [6.07, 6.45) is 1.58. The van der Waals surface area contributed by atoms with Crippen LogP contribution < -0.4 is 10.5 Å². The van der Waals surface area contributed by atoms with E-state index in [0.29, 0.717) is 5.13 Å². The van der Waals surface area contributed by atoms with Gasteiger partial charge in [0.1, 0.15) is 5.75 Å². The number of sulfonamides is 1. The van der Waals surface area contributed by atoms with Gasteiger partial charge in [-0.3, -0.25) is 4.72 Å². The molecule has 1 heterocycles. The molecule has 2 rings (SSSR count). The third kappa shape index (κ3) is 2.54. The molecule has 96 valence electrons. The number of nitrogens with one attached hydrogen (secondary N) is 1. The molecule has 1 aromatic carbocycles. The molecule has 8 heteroatoms. The molecule has 0 fully saturated rings. The topological polar surface area (TPSA) is 105 Å². The van der Waals surface area contributed by atoms with Crippen molar-refractivity contribution in [3.63, 3.8) is 0 Å². The third-order valence-corrected chi connectivity index (χ3v) is 4.45. The number of nitrogens with two attached hydrogens (primary N) is 1. The van der Waals surface area contributed by atoms with Gasteiger partial charge in [0.15, 0.2) is 5.13 Å². The molecule has 6 nitrogen and oxygen atoms in total. The van der Waals surface area contributed by atoms with Crippen LogP contribution in [0.25, 0.3) is 0 Å². The monoisotopic (exact) mass is 285 g/mol. The highest BCUT2D eigenvalue weighted by atomic mass is 32.2. The van der Waals surface area contributed by atoms with Gasteiger partial charge < -0.3 is 10.8 Å². The van der Waals surface area contributed by atoms with Gasteiger partial charge in [0.25, 0.3) is 10.0 Å². The van der Waals surface area contributed by atoms with E-state index in [1.807, 2.05) is 6.92 Å². The van der Waals surface area contributed by atoms with Crippen LogP contribution in [0.4, 0.5) is 10.8 Å². The number of nitrogens with zero attached hydrogens (tertiary/aromatic N) is 1. The lowest BCUT2D eigenvalue weighted by Crippen LogP contribution is -2.12. The number of hydrogen-bond donors (Lipinski definition) is 3. The first-order chi connectivity index (χ1) is 8.38. The van der Waals surface area contributed by atoms with Gasteiger partial charge in [-0.25, -0.2) is 13.4 Å². The predicted octanol–water partition coefficient (Wildman–Crippen LogP) is 1.54. The molecule has 4 N–H and O–H groups in total. The van der Waals surface area contributed by atoms with E-state index < -0.39 is 10.0 Å². The van der Waals surface area contributed by atoms with Crippen molar-refractivity contribution in [2.75, 3.05) is 10.5 Å². The van der Waals surface area contributed by atoms with Crippen LogP contribution in [-0.4, -0.2) is 18.5 Å². The van der Waals surface area contributed by atoms with Crippen LogP contribution in [0.3, 0.4) is 0 Å². The van der Waals surface area contributed by atoms with Crippen LogP contribution in [0.2, 0.25) is 0 Å². The Balaban J connectivity index is 2.33. The van der Waals surface area contributed by atoms with Gasteiger partial charge in [-0.15, -0.1) is 11.3 Å². The van der Waals surface area contributed by atoms with E-state index in [2.05, 4.69) is 9.71 Å². The second-order valence-corrected chi connectivity index (χ2v) is 6.52. The van der Waals surface area contributed by atoms with E-state index in [-0.39, 0.29) is 16.3 Å². The third-order valence-electron chi connectivity index (χ3n) is 2.15. The SMILES string of the molecule is Cc1cnc(NS(=O)(=O)c2ccc(O)c(N)c2)s1. The number of aromatic hydroxyl groups is 1. The first-order valence-electron chi connectivity index (χ1n) is 4.92. The van der Waals surface area contributed by atoms with Crippen molar-refractivity contribution in [1.82, 2.24) is 4.98 Å². The minimum Gasteiger partial charge on any atom is -0.506 e. The number of nitrogen functional groups attached to an aromatic ring is 1. The molecule has 0 unspecified atom stereocenters. The Bertz CT molecular complexity index is 679. The molecular formula is C10H11N3O3S2. The lowest BCUT2D eigenvalue weighted by Gasteiger charge is -2.06. The van der Waals surface area contributed by atoms with Gasteiger partial charge in [-0.05, 0) is 25.1 Å². The zero-order chi connectivity index (χ0) is 13.3. The van der Waals surface area contributed by atoms with E-state index in [1.54, 1.807) is 6.20 Å².